The molecule has 8 nitrogen and oxygen atoms in total. The molecule has 164 valence electrons. The van der Waals surface area contributed by atoms with Gasteiger partial charge in [0.25, 0.3) is 5.91 Å². The molecule has 2 aliphatic heterocycles. The maximum atomic E-state index is 13.1. The van der Waals surface area contributed by atoms with Crippen LogP contribution in [0.25, 0.3) is 11.1 Å². The van der Waals surface area contributed by atoms with Gasteiger partial charge in [0.1, 0.15) is 11.9 Å². The fourth-order valence-corrected chi connectivity index (χ4v) is 5.30. The Balaban J connectivity index is 1.32. The zero-order valence-corrected chi connectivity index (χ0v) is 17.6. The Morgan fingerprint density at radius 3 is 2.03 bits per heavy atom. The molecule has 2 saturated heterocycles. The first kappa shape index (κ1) is 21.3. The number of halogens is 1. The molecule has 0 spiro atoms. The van der Waals surface area contributed by atoms with Crippen molar-refractivity contribution in [3.63, 3.8) is 0 Å². The minimum atomic E-state index is -3.52. The lowest BCUT2D eigenvalue weighted by molar-refractivity contribution is -0.120. The van der Waals surface area contributed by atoms with Crippen LogP contribution in [0.3, 0.4) is 0 Å². The van der Waals surface area contributed by atoms with E-state index in [9.17, 15) is 22.4 Å². The highest BCUT2D eigenvalue weighted by Gasteiger charge is 2.33. The van der Waals surface area contributed by atoms with Crippen molar-refractivity contribution in [3.05, 3.63) is 54.3 Å². The van der Waals surface area contributed by atoms with Gasteiger partial charge in [0.05, 0.1) is 5.75 Å². The second-order valence-corrected chi connectivity index (χ2v) is 9.65. The fraction of sp³-hybridized carbons (Fsp3) is 0.333. The number of nitrogens with one attached hydrogen (secondary N) is 2. The number of anilines is 1. The summed E-state index contributed by atoms with van der Waals surface area (Å²) in [5.74, 6) is -0.962. The maximum Gasteiger partial charge on any atom is 0.322 e. The predicted octanol–water partition coefficient (Wildman–Crippen LogP) is 1.54. The van der Waals surface area contributed by atoms with Crippen LogP contribution in [0.2, 0.25) is 0 Å². The van der Waals surface area contributed by atoms with Gasteiger partial charge >= 0.3 is 6.03 Å². The lowest BCUT2D eigenvalue weighted by Crippen LogP contribution is -2.49. The van der Waals surface area contributed by atoms with Gasteiger partial charge in [0, 0.05) is 31.9 Å². The standard InChI is InChI=1S/C21H23FN4O4S/c22-17-5-1-15(2-6-17)16-3-7-18(8-4-16)25-10-12-26(13-11-25)31(29,30)14-9-19-20(27)24-21(28)23-19/h1-8,19H,9-14H2,(H2,23,24,27,28). The smallest absolute Gasteiger partial charge is 0.322 e. The summed E-state index contributed by atoms with van der Waals surface area (Å²) < 4.78 is 39.8. The highest BCUT2D eigenvalue weighted by Crippen LogP contribution is 2.24. The molecule has 2 N–H and O–H groups in total. The summed E-state index contributed by atoms with van der Waals surface area (Å²) in [6, 6.07) is 12.8. The number of hydrogen-bond acceptors (Lipinski definition) is 5. The quantitative estimate of drug-likeness (QED) is 0.656. The monoisotopic (exact) mass is 446 g/mol. The van der Waals surface area contributed by atoms with Crippen LogP contribution in [0.4, 0.5) is 14.9 Å². The first-order valence-electron chi connectivity index (χ1n) is 10.0. The number of nitrogens with zero attached hydrogens (tertiary/aromatic N) is 2. The summed E-state index contributed by atoms with van der Waals surface area (Å²) in [5.41, 5.74) is 2.90. The van der Waals surface area contributed by atoms with Gasteiger partial charge in [0.15, 0.2) is 0 Å². The molecule has 0 aliphatic carbocycles. The number of carbonyl (C=O) groups excluding carboxylic acids is 2. The molecule has 1 atom stereocenters. The number of benzene rings is 2. The molecule has 0 radical (unpaired) electrons. The maximum absolute atomic E-state index is 13.1. The van der Waals surface area contributed by atoms with E-state index in [2.05, 4.69) is 15.5 Å². The number of sulfonamides is 1. The SMILES string of the molecule is O=C1NC(=O)C(CCS(=O)(=O)N2CCN(c3ccc(-c4ccc(F)cc4)cc3)CC2)N1. The van der Waals surface area contributed by atoms with Gasteiger partial charge in [-0.2, -0.15) is 4.31 Å². The van der Waals surface area contributed by atoms with Gasteiger partial charge in [-0.05, 0) is 41.8 Å². The average molecular weight is 447 g/mol. The minimum absolute atomic E-state index is 0.0466. The van der Waals surface area contributed by atoms with E-state index < -0.39 is 28.0 Å². The van der Waals surface area contributed by atoms with E-state index in [1.807, 2.05) is 24.3 Å². The number of rotatable bonds is 6. The Bertz CT molecular complexity index is 1070. The van der Waals surface area contributed by atoms with E-state index in [-0.39, 0.29) is 18.0 Å². The molecule has 0 aromatic heterocycles. The van der Waals surface area contributed by atoms with Gasteiger partial charge in [-0.15, -0.1) is 0 Å². The summed E-state index contributed by atoms with van der Waals surface area (Å²) >= 11 is 0. The number of hydrogen-bond donors (Lipinski definition) is 2. The van der Waals surface area contributed by atoms with Crippen molar-refractivity contribution in [1.82, 2.24) is 14.9 Å². The molecule has 2 aromatic carbocycles. The van der Waals surface area contributed by atoms with Crippen LogP contribution in [0.15, 0.2) is 48.5 Å². The van der Waals surface area contributed by atoms with Gasteiger partial charge in [0.2, 0.25) is 10.0 Å². The Kier molecular flexibility index (Phi) is 5.92. The largest absolute Gasteiger partial charge is 0.369 e. The molecular formula is C21H23FN4O4S. The van der Waals surface area contributed by atoms with Gasteiger partial charge in [-0.25, -0.2) is 17.6 Å². The van der Waals surface area contributed by atoms with Crippen molar-refractivity contribution in [2.24, 2.45) is 0 Å². The Morgan fingerprint density at radius 1 is 0.903 bits per heavy atom. The van der Waals surface area contributed by atoms with Crippen LogP contribution in [0.1, 0.15) is 6.42 Å². The van der Waals surface area contributed by atoms with E-state index in [0.717, 1.165) is 16.8 Å². The first-order chi connectivity index (χ1) is 14.8. The molecule has 1 unspecified atom stereocenters. The molecule has 2 heterocycles. The molecule has 31 heavy (non-hydrogen) atoms. The Hall–Kier alpha value is -2.98. The van der Waals surface area contributed by atoms with E-state index in [4.69, 9.17) is 0 Å². The predicted molar refractivity (Wildman–Crippen MR) is 114 cm³/mol. The van der Waals surface area contributed by atoms with E-state index in [1.54, 1.807) is 12.1 Å². The summed E-state index contributed by atoms with van der Waals surface area (Å²) in [4.78, 5) is 24.8. The second-order valence-electron chi connectivity index (χ2n) is 7.56. The summed E-state index contributed by atoms with van der Waals surface area (Å²) in [6.45, 7) is 1.81. The summed E-state index contributed by atoms with van der Waals surface area (Å²) in [6.07, 6.45) is 0.0466. The number of carbonyl (C=O) groups is 2. The first-order valence-corrected chi connectivity index (χ1v) is 11.6. The molecule has 0 bridgehead atoms. The van der Waals surface area contributed by atoms with Crippen LogP contribution < -0.4 is 15.5 Å². The minimum Gasteiger partial charge on any atom is -0.369 e. The molecule has 2 fully saturated rings. The van der Waals surface area contributed by atoms with Crippen molar-refractivity contribution in [1.29, 1.82) is 0 Å². The van der Waals surface area contributed by atoms with Gasteiger partial charge in [-0.3, -0.25) is 10.1 Å². The van der Waals surface area contributed by atoms with Crippen LogP contribution in [-0.2, 0) is 14.8 Å². The number of piperazine rings is 1. The summed E-state index contributed by atoms with van der Waals surface area (Å²) in [7, 11) is -3.52. The van der Waals surface area contributed by atoms with Crippen molar-refractivity contribution in [3.8, 4) is 11.1 Å². The Labute approximate surface area is 180 Å². The van der Waals surface area contributed by atoms with Gasteiger partial charge in [-0.1, -0.05) is 24.3 Å². The van der Waals surface area contributed by atoms with Crippen molar-refractivity contribution in [2.75, 3.05) is 36.8 Å². The van der Waals surface area contributed by atoms with E-state index in [0.29, 0.717) is 26.2 Å². The molecule has 3 amide bonds. The fourth-order valence-electron chi connectivity index (χ4n) is 3.79. The average Bonchev–Trinajstić information content (AvgIpc) is 3.10. The van der Waals surface area contributed by atoms with Crippen molar-refractivity contribution < 1.29 is 22.4 Å². The number of urea groups is 1. The lowest BCUT2D eigenvalue weighted by Gasteiger charge is -2.35. The van der Waals surface area contributed by atoms with E-state index in [1.165, 1.54) is 16.4 Å². The highest BCUT2D eigenvalue weighted by atomic mass is 32.2. The third-order valence-corrected chi connectivity index (χ3v) is 7.47. The third kappa shape index (κ3) is 4.86. The van der Waals surface area contributed by atoms with Crippen molar-refractivity contribution >= 4 is 27.6 Å². The molecule has 2 aliphatic rings. The second kappa shape index (κ2) is 8.64. The molecular weight excluding hydrogens is 423 g/mol. The number of imide groups is 1. The zero-order chi connectivity index (χ0) is 22.0. The Morgan fingerprint density at radius 2 is 1.48 bits per heavy atom. The molecule has 2 aromatic rings. The highest BCUT2D eigenvalue weighted by molar-refractivity contribution is 7.89. The number of amides is 3. The zero-order valence-electron chi connectivity index (χ0n) is 16.8. The van der Waals surface area contributed by atoms with Crippen LogP contribution in [-0.4, -0.2) is 62.6 Å². The molecule has 4 rings (SSSR count). The van der Waals surface area contributed by atoms with Crippen LogP contribution >= 0.6 is 0 Å². The van der Waals surface area contributed by atoms with Gasteiger partial charge < -0.3 is 10.2 Å². The summed E-state index contributed by atoms with van der Waals surface area (Å²) in [5, 5.41) is 4.52. The van der Waals surface area contributed by atoms with E-state index >= 15 is 0 Å². The topological polar surface area (TPSA) is 98.8 Å². The molecule has 0 saturated carbocycles. The van der Waals surface area contributed by atoms with Crippen molar-refractivity contribution in [2.45, 2.75) is 12.5 Å². The normalized spacial score (nSPS) is 19.9. The van der Waals surface area contributed by atoms with Crippen LogP contribution in [0, 0.1) is 5.82 Å². The molecule has 10 heteroatoms. The lowest BCUT2D eigenvalue weighted by atomic mass is 10.1. The van der Waals surface area contributed by atoms with Crippen LogP contribution in [0.5, 0.6) is 0 Å². The third-order valence-electron chi connectivity index (χ3n) is 5.57.